The fourth-order valence-corrected chi connectivity index (χ4v) is 2.44. The zero-order chi connectivity index (χ0) is 14.6. The Morgan fingerprint density at radius 2 is 1.90 bits per heavy atom. The summed E-state index contributed by atoms with van der Waals surface area (Å²) >= 11 is 0. The maximum atomic E-state index is 12.2. The molecule has 1 aliphatic carbocycles. The highest BCUT2D eigenvalue weighted by Gasteiger charge is 2.18. The third-order valence-electron chi connectivity index (χ3n) is 3.34. The van der Waals surface area contributed by atoms with Crippen molar-refractivity contribution < 1.29 is 4.79 Å². The van der Waals surface area contributed by atoms with Crippen LogP contribution in [0.1, 0.15) is 63.4 Å². The van der Waals surface area contributed by atoms with Crippen LogP contribution in [0.4, 0.5) is 5.82 Å². The zero-order valence-corrected chi connectivity index (χ0v) is 12.6. The number of rotatable bonds is 3. The van der Waals surface area contributed by atoms with Crippen molar-refractivity contribution in [1.29, 1.82) is 0 Å². The summed E-state index contributed by atoms with van der Waals surface area (Å²) in [5.74, 6) is 0.581. The Morgan fingerprint density at radius 1 is 1.20 bits per heavy atom. The Bertz CT molecular complexity index is 461. The molecule has 1 saturated carbocycles. The van der Waals surface area contributed by atoms with Gasteiger partial charge in [-0.15, -0.1) is 0 Å². The first-order valence-corrected chi connectivity index (χ1v) is 7.35. The van der Waals surface area contributed by atoms with Crippen molar-refractivity contribution in [1.82, 2.24) is 15.3 Å². The first-order valence-electron chi connectivity index (χ1n) is 7.35. The van der Waals surface area contributed by atoms with Gasteiger partial charge in [-0.3, -0.25) is 4.79 Å². The molecule has 0 spiro atoms. The molecule has 0 aliphatic heterocycles. The molecule has 1 heterocycles. The summed E-state index contributed by atoms with van der Waals surface area (Å²) < 4.78 is 0. The standard InChI is InChI=1S/C15H24N4O/c1-15(2,3)19-13-9-12(16-10-17-13)14(20)18-11-7-5-4-6-8-11/h9-11H,4-8H2,1-3H3,(H,18,20)(H,16,17,19). The SMILES string of the molecule is CC(C)(C)Nc1cc(C(=O)NC2CCCCC2)ncn1. The van der Waals surface area contributed by atoms with Gasteiger partial charge in [0.1, 0.15) is 17.8 Å². The second-order valence-electron chi connectivity index (χ2n) is 6.47. The predicted molar refractivity (Wildman–Crippen MR) is 79.7 cm³/mol. The van der Waals surface area contributed by atoms with Gasteiger partial charge in [0.25, 0.3) is 5.91 Å². The Kier molecular flexibility index (Phi) is 4.57. The van der Waals surface area contributed by atoms with Gasteiger partial charge in [0.2, 0.25) is 0 Å². The van der Waals surface area contributed by atoms with Crippen LogP contribution in [0.5, 0.6) is 0 Å². The Hall–Kier alpha value is -1.65. The van der Waals surface area contributed by atoms with E-state index in [1.54, 1.807) is 6.07 Å². The highest BCUT2D eigenvalue weighted by atomic mass is 16.1. The molecule has 2 rings (SSSR count). The Morgan fingerprint density at radius 3 is 2.55 bits per heavy atom. The highest BCUT2D eigenvalue weighted by Crippen LogP contribution is 2.18. The van der Waals surface area contributed by atoms with Gasteiger partial charge in [0, 0.05) is 17.6 Å². The quantitative estimate of drug-likeness (QED) is 0.891. The van der Waals surface area contributed by atoms with E-state index in [9.17, 15) is 4.79 Å². The van der Waals surface area contributed by atoms with Gasteiger partial charge in [-0.25, -0.2) is 9.97 Å². The molecule has 1 aromatic heterocycles. The van der Waals surface area contributed by atoms with Crippen molar-refractivity contribution in [3.63, 3.8) is 0 Å². The molecule has 0 aromatic carbocycles. The lowest BCUT2D eigenvalue weighted by Gasteiger charge is -2.23. The minimum Gasteiger partial charge on any atom is -0.365 e. The van der Waals surface area contributed by atoms with Crippen LogP contribution >= 0.6 is 0 Å². The third-order valence-corrected chi connectivity index (χ3v) is 3.34. The first kappa shape index (κ1) is 14.8. The maximum Gasteiger partial charge on any atom is 0.270 e. The topological polar surface area (TPSA) is 66.9 Å². The van der Waals surface area contributed by atoms with E-state index in [2.05, 4.69) is 41.4 Å². The second kappa shape index (κ2) is 6.20. The van der Waals surface area contributed by atoms with Gasteiger partial charge in [0.15, 0.2) is 0 Å². The highest BCUT2D eigenvalue weighted by molar-refractivity contribution is 5.93. The van der Waals surface area contributed by atoms with Crippen LogP contribution in [0.3, 0.4) is 0 Å². The monoisotopic (exact) mass is 276 g/mol. The average molecular weight is 276 g/mol. The van der Waals surface area contributed by atoms with Crippen LogP contribution in [-0.2, 0) is 0 Å². The van der Waals surface area contributed by atoms with Gasteiger partial charge in [-0.2, -0.15) is 0 Å². The number of nitrogens with zero attached hydrogens (tertiary/aromatic N) is 2. The van der Waals surface area contributed by atoms with E-state index in [0.29, 0.717) is 17.6 Å². The fourth-order valence-electron chi connectivity index (χ4n) is 2.44. The molecule has 0 unspecified atom stereocenters. The number of carbonyl (C=O) groups is 1. The molecular weight excluding hydrogens is 252 g/mol. The number of carbonyl (C=O) groups excluding carboxylic acids is 1. The van der Waals surface area contributed by atoms with Crippen LogP contribution in [0.2, 0.25) is 0 Å². The lowest BCUT2D eigenvalue weighted by molar-refractivity contribution is 0.0922. The summed E-state index contributed by atoms with van der Waals surface area (Å²) in [5, 5.41) is 6.32. The molecule has 0 radical (unpaired) electrons. The van der Waals surface area contributed by atoms with Gasteiger partial charge in [0.05, 0.1) is 0 Å². The third kappa shape index (κ3) is 4.47. The number of aromatic nitrogens is 2. The maximum absolute atomic E-state index is 12.2. The van der Waals surface area contributed by atoms with E-state index in [1.807, 2.05) is 0 Å². The molecule has 5 heteroatoms. The normalized spacial score (nSPS) is 16.8. The van der Waals surface area contributed by atoms with E-state index < -0.39 is 0 Å². The van der Waals surface area contributed by atoms with Gasteiger partial charge < -0.3 is 10.6 Å². The summed E-state index contributed by atoms with van der Waals surface area (Å²) in [6.07, 6.45) is 7.26. The summed E-state index contributed by atoms with van der Waals surface area (Å²) in [6, 6.07) is 2.01. The minimum atomic E-state index is -0.101. The molecule has 0 saturated heterocycles. The second-order valence-corrected chi connectivity index (χ2v) is 6.47. The molecular formula is C15H24N4O. The number of hydrogen-bond acceptors (Lipinski definition) is 4. The van der Waals surface area contributed by atoms with Crippen molar-refractivity contribution in [2.24, 2.45) is 0 Å². The molecule has 1 amide bonds. The molecule has 0 bridgehead atoms. The van der Waals surface area contributed by atoms with Crippen LogP contribution in [0, 0.1) is 0 Å². The average Bonchev–Trinajstić information content (AvgIpc) is 2.38. The Labute approximate surface area is 120 Å². The first-order chi connectivity index (χ1) is 9.44. The van der Waals surface area contributed by atoms with Crippen LogP contribution in [-0.4, -0.2) is 27.5 Å². The largest absolute Gasteiger partial charge is 0.365 e. The lowest BCUT2D eigenvalue weighted by Crippen LogP contribution is -2.36. The summed E-state index contributed by atoms with van der Waals surface area (Å²) in [6.45, 7) is 6.16. The summed E-state index contributed by atoms with van der Waals surface area (Å²) in [5.41, 5.74) is 0.336. The fraction of sp³-hybridized carbons (Fsp3) is 0.667. The zero-order valence-electron chi connectivity index (χ0n) is 12.6. The van der Waals surface area contributed by atoms with Crippen molar-refractivity contribution in [3.8, 4) is 0 Å². The van der Waals surface area contributed by atoms with Crippen molar-refractivity contribution >= 4 is 11.7 Å². The molecule has 2 N–H and O–H groups in total. The van der Waals surface area contributed by atoms with Gasteiger partial charge >= 0.3 is 0 Å². The minimum absolute atomic E-state index is 0.0918. The van der Waals surface area contributed by atoms with E-state index in [4.69, 9.17) is 0 Å². The van der Waals surface area contributed by atoms with E-state index in [0.717, 1.165) is 12.8 Å². The molecule has 20 heavy (non-hydrogen) atoms. The van der Waals surface area contributed by atoms with Crippen molar-refractivity contribution in [2.75, 3.05) is 5.32 Å². The summed E-state index contributed by atoms with van der Waals surface area (Å²) in [4.78, 5) is 20.4. The smallest absolute Gasteiger partial charge is 0.270 e. The summed E-state index contributed by atoms with van der Waals surface area (Å²) in [7, 11) is 0. The molecule has 1 fully saturated rings. The number of anilines is 1. The van der Waals surface area contributed by atoms with Crippen LogP contribution in [0.15, 0.2) is 12.4 Å². The number of hydrogen-bond donors (Lipinski definition) is 2. The molecule has 5 nitrogen and oxygen atoms in total. The van der Waals surface area contributed by atoms with Crippen LogP contribution < -0.4 is 10.6 Å². The number of nitrogens with one attached hydrogen (secondary N) is 2. The predicted octanol–water partition coefficient (Wildman–Crippen LogP) is 2.75. The molecule has 1 aromatic rings. The number of amides is 1. The van der Waals surface area contributed by atoms with E-state index >= 15 is 0 Å². The van der Waals surface area contributed by atoms with Crippen molar-refractivity contribution in [3.05, 3.63) is 18.1 Å². The van der Waals surface area contributed by atoms with Gasteiger partial charge in [-0.1, -0.05) is 19.3 Å². The Balaban J connectivity index is 2.00. The van der Waals surface area contributed by atoms with Crippen molar-refractivity contribution in [2.45, 2.75) is 64.5 Å². The van der Waals surface area contributed by atoms with Gasteiger partial charge in [-0.05, 0) is 33.6 Å². The van der Waals surface area contributed by atoms with E-state index in [-0.39, 0.29) is 11.4 Å². The lowest BCUT2D eigenvalue weighted by atomic mass is 9.95. The van der Waals surface area contributed by atoms with Crippen LogP contribution in [0.25, 0.3) is 0 Å². The van der Waals surface area contributed by atoms with E-state index in [1.165, 1.54) is 25.6 Å². The molecule has 1 aliphatic rings. The molecule has 0 atom stereocenters. The molecule has 110 valence electrons.